The monoisotopic (exact) mass is 482 g/mol. The minimum atomic E-state index is -0.569. The van der Waals surface area contributed by atoms with Crippen molar-refractivity contribution in [3.05, 3.63) is 23.8 Å². The first-order valence-electron chi connectivity index (χ1n) is 14.1. The van der Waals surface area contributed by atoms with E-state index in [0.29, 0.717) is 17.1 Å². The minimum absolute atomic E-state index is 0.227. The second-order valence-electron chi connectivity index (χ2n) is 13.1. The number of aliphatic hydroxyl groups is 1. The lowest BCUT2D eigenvalue weighted by Crippen LogP contribution is -2.56. The van der Waals surface area contributed by atoms with Crippen LogP contribution in [0.4, 0.5) is 0 Å². The van der Waals surface area contributed by atoms with Crippen molar-refractivity contribution in [3.63, 3.8) is 0 Å². The van der Waals surface area contributed by atoms with Crippen molar-refractivity contribution in [3.8, 4) is 11.5 Å². The molecule has 194 valence electrons. The Morgan fingerprint density at radius 3 is 2.40 bits per heavy atom. The van der Waals surface area contributed by atoms with Gasteiger partial charge in [-0.15, -0.1) is 0 Å². The molecule has 4 aliphatic carbocycles. The van der Waals surface area contributed by atoms with Crippen LogP contribution in [-0.2, 0) is 11.2 Å². The van der Waals surface area contributed by atoms with Gasteiger partial charge in [-0.1, -0.05) is 19.9 Å². The molecule has 1 N–H and O–H groups in total. The van der Waals surface area contributed by atoms with Crippen molar-refractivity contribution in [2.75, 3.05) is 14.2 Å². The van der Waals surface area contributed by atoms with Crippen molar-refractivity contribution in [1.82, 2.24) is 0 Å². The van der Waals surface area contributed by atoms with Gasteiger partial charge in [0.25, 0.3) is 0 Å². The summed E-state index contributed by atoms with van der Waals surface area (Å²) < 4.78 is 10.9. The zero-order valence-electron chi connectivity index (χ0n) is 22.6. The fourth-order valence-corrected chi connectivity index (χ4v) is 9.63. The third-order valence-corrected chi connectivity index (χ3v) is 11.6. The van der Waals surface area contributed by atoms with E-state index in [1.165, 1.54) is 37.7 Å². The van der Waals surface area contributed by atoms with Gasteiger partial charge in [0.2, 0.25) is 0 Å². The van der Waals surface area contributed by atoms with Crippen LogP contribution in [0.1, 0.15) is 90.5 Å². The van der Waals surface area contributed by atoms with E-state index < -0.39 is 5.60 Å². The molecule has 8 atom stereocenters. The lowest BCUT2D eigenvalue weighted by molar-refractivity contribution is -0.154. The molecule has 4 saturated carbocycles. The van der Waals surface area contributed by atoms with Crippen LogP contribution in [0.25, 0.3) is 0 Å². The smallest absolute Gasteiger partial charge is 0.160 e. The van der Waals surface area contributed by atoms with E-state index in [-0.39, 0.29) is 11.3 Å². The van der Waals surface area contributed by atoms with Gasteiger partial charge in [0.1, 0.15) is 5.78 Å². The number of ether oxygens (including phenoxy) is 2. The molecule has 0 spiro atoms. The fourth-order valence-electron chi connectivity index (χ4n) is 9.63. The highest BCUT2D eigenvalue weighted by atomic mass is 16.5. The largest absolute Gasteiger partial charge is 0.493 e. The van der Waals surface area contributed by atoms with E-state index in [4.69, 9.17) is 9.47 Å². The Hall–Kier alpha value is -1.55. The highest BCUT2D eigenvalue weighted by molar-refractivity contribution is 5.79. The Balaban J connectivity index is 1.27. The molecule has 35 heavy (non-hydrogen) atoms. The third kappa shape index (κ3) is 4.12. The maximum Gasteiger partial charge on any atom is 0.160 e. The number of fused-ring (bicyclic) bond motifs is 5. The summed E-state index contributed by atoms with van der Waals surface area (Å²) in [4.78, 5) is 12.4. The van der Waals surface area contributed by atoms with Gasteiger partial charge < -0.3 is 14.6 Å². The number of benzene rings is 1. The Morgan fingerprint density at radius 1 is 0.943 bits per heavy atom. The molecular formula is C31H46O4. The van der Waals surface area contributed by atoms with Gasteiger partial charge in [-0.3, -0.25) is 4.79 Å². The van der Waals surface area contributed by atoms with Gasteiger partial charge in [-0.2, -0.15) is 0 Å². The van der Waals surface area contributed by atoms with Gasteiger partial charge in [0, 0.05) is 5.92 Å². The standard InChI is InChI=1S/C31H46O4/c1-20(32)24-9-10-25-23-8-7-22-19-31(33,15-12-21-6-11-27(34-4)28(18-21)35-5)17-16-29(22,2)26(23)13-14-30(24,25)3/h6,11,18,22-26,33H,7-10,12-17,19H2,1-5H3/t22-,23?,24-,25?,26?,29+,30-,31-/m1/s1. The van der Waals surface area contributed by atoms with Gasteiger partial charge in [-0.05, 0) is 130 Å². The maximum absolute atomic E-state index is 12.4. The summed E-state index contributed by atoms with van der Waals surface area (Å²) in [5, 5.41) is 11.7. The lowest BCUT2D eigenvalue weighted by Gasteiger charge is -2.62. The van der Waals surface area contributed by atoms with E-state index in [2.05, 4.69) is 26.0 Å². The van der Waals surface area contributed by atoms with Crippen LogP contribution >= 0.6 is 0 Å². The van der Waals surface area contributed by atoms with E-state index in [9.17, 15) is 9.90 Å². The van der Waals surface area contributed by atoms with E-state index in [0.717, 1.165) is 67.8 Å². The molecular weight excluding hydrogens is 436 g/mol. The number of ketones is 1. The van der Waals surface area contributed by atoms with E-state index in [1.54, 1.807) is 14.2 Å². The molecule has 3 unspecified atom stereocenters. The van der Waals surface area contributed by atoms with Crippen molar-refractivity contribution in [2.45, 2.75) is 97.0 Å². The van der Waals surface area contributed by atoms with Gasteiger partial charge in [0.15, 0.2) is 11.5 Å². The predicted octanol–water partition coefficient (Wildman–Crippen LogP) is 6.62. The average Bonchev–Trinajstić information content (AvgIpc) is 3.21. The highest BCUT2D eigenvalue weighted by Crippen LogP contribution is 2.68. The van der Waals surface area contributed by atoms with Crippen LogP contribution in [0, 0.1) is 40.4 Å². The summed E-state index contributed by atoms with van der Waals surface area (Å²) in [6, 6.07) is 6.11. The molecule has 0 saturated heterocycles. The Labute approximate surface area is 212 Å². The summed E-state index contributed by atoms with van der Waals surface area (Å²) in [5.74, 6) is 5.09. The third-order valence-electron chi connectivity index (χ3n) is 11.6. The number of methoxy groups -OCH3 is 2. The fraction of sp³-hybridized carbons (Fsp3) is 0.774. The molecule has 0 bridgehead atoms. The molecule has 0 aliphatic heterocycles. The number of Topliss-reactive ketones (excluding diaryl/α,β-unsaturated/α-hetero) is 1. The molecule has 1 aromatic carbocycles. The van der Waals surface area contributed by atoms with E-state index >= 15 is 0 Å². The Morgan fingerprint density at radius 2 is 1.69 bits per heavy atom. The molecule has 5 rings (SSSR count). The predicted molar refractivity (Wildman–Crippen MR) is 139 cm³/mol. The summed E-state index contributed by atoms with van der Waals surface area (Å²) in [7, 11) is 3.34. The lowest BCUT2D eigenvalue weighted by atomic mass is 9.43. The molecule has 4 heteroatoms. The van der Waals surface area contributed by atoms with Crippen LogP contribution in [0.5, 0.6) is 11.5 Å². The average molecular weight is 483 g/mol. The maximum atomic E-state index is 12.4. The number of carbonyl (C=O) groups excluding carboxylic acids is 1. The van der Waals surface area contributed by atoms with Gasteiger partial charge in [-0.25, -0.2) is 0 Å². The van der Waals surface area contributed by atoms with Crippen LogP contribution in [0.3, 0.4) is 0 Å². The molecule has 4 nitrogen and oxygen atoms in total. The number of hydrogen-bond donors (Lipinski definition) is 1. The van der Waals surface area contributed by atoms with Crippen LogP contribution in [0.15, 0.2) is 18.2 Å². The topological polar surface area (TPSA) is 55.8 Å². The van der Waals surface area contributed by atoms with Gasteiger partial charge >= 0.3 is 0 Å². The molecule has 0 radical (unpaired) electrons. The molecule has 4 aliphatic rings. The molecule has 4 fully saturated rings. The van der Waals surface area contributed by atoms with Crippen molar-refractivity contribution < 1.29 is 19.4 Å². The quantitative estimate of drug-likeness (QED) is 0.495. The molecule has 0 amide bonds. The minimum Gasteiger partial charge on any atom is -0.493 e. The normalized spacial score (nSPS) is 42.5. The number of carbonyl (C=O) groups is 1. The SMILES string of the molecule is COc1ccc(CC[C@@]2(O)CC[C@]3(C)C4CC[C@@]5(C)C(CC[C@@H]5C(C)=O)C4CC[C@@H]3C2)cc1OC. The van der Waals surface area contributed by atoms with Crippen LogP contribution in [0.2, 0.25) is 0 Å². The zero-order chi connectivity index (χ0) is 25.0. The van der Waals surface area contributed by atoms with Crippen LogP contribution in [-0.4, -0.2) is 30.7 Å². The van der Waals surface area contributed by atoms with Gasteiger partial charge in [0.05, 0.1) is 19.8 Å². The summed E-state index contributed by atoms with van der Waals surface area (Å²) in [5.41, 5.74) is 1.19. The zero-order valence-corrected chi connectivity index (χ0v) is 22.6. The molecule has 0 heterocycles. The molecule has 1 aromatic rings. The number of aryl methyl sites for hydroxylation is 1. The first-order chi connectivity index (χ1) is 16.6. The van der Waals surface area contributed by atoms with Crippen LogP contribution < -0.4 is 9.47 Å². The van der Waals surface area contributed by atoms with Crippen molar-refractivity contribution in [2.24, 2.45) is 40.4 Å². The Kier molecular flexibility index (Phi) is 6.52. The molecule has 0 aromatic heterocycles. The van der Waals surface area contributed by atoms with Crippen molar-refractivity contribution >= 4 is 5.78 Å². The summed E-state index contributed by atoms with van der Waals surface area (Å²) in [6.07, 6.45) is 12.0. The highest BCUT2D eigenvalue weighted by Gasteiger charge is 2.61. The first-order valence-corrected chi connectivity index (χ1v) is 14.1. The summed E-state index contributed by atoms with van der Waals surface area (Å²) >= 11 is 0. The number of hydrogen-bond acceptors (Lipinski definition) is 4. The Bertz CT molecular complexity index is 957. The number of rotatable bonds is 6. The first kappa shape index (κ1) is 25.1. The second kappa shape index (κ2) is 9.08. The van der Waals surface area contributed by atoms with Crippen molar-refractivity contribution in [1.29, 1.82) is 0 Å². The second-order valence-corrected chi connectivity index (χ2v) is 13.1. The summed E-state index contributed by atoms with van der Waals surface area (Å²) in [6.45, 7) is 6.82. The van der Waals surface area contributed by atoms with E-state index in [1.807, 2.05) is 13.0 Å².